The number of nitrogens with one attached hydrogen (secondary N) is 2. The van der Waals surface area contributed by atoms with Crippen molar-refractivity contribution in [1.82, 2.24) is 4.98 Å². The van der Waals surface area contributed by atoms with Gasteiger partial charge in [0.15, 0.2) is 5.78 Å². The number of halogens is 3. The van der Waals surface area contributed by atoms with Crippen molar-refractivity contribution in [2.45, 2.75) is 31.4 Å². The minimum Gasteiger partial charge on any atom is -0.465 e. The number of rotatable bonds is 7. The van der Waals surface area contributed by atoms with Crippen molar-refractivity contribution in [3.8, 4) is 11.1 Å². The van der Waals surface area contributed by atoms with E-state index >= 15 is 0 Å². The number of pyridine rings is 1. The lowest BCUT2D eigenvalue weighted by Crippen LogP contribution is -2.19. The summed E-state index contributed by atoms with van der Waals surface area (Å²) in [4.78, 5) is 40.6. The molecule has 0 spiro atoms. The second kappa shape index (κ2) is 9.57. The van der Waals surface area contributed by atoms with Crippen LogP contribution in [0.4, 0.5) is 29.3 Å². The average molecular weight is 483 g/mol. The number of carbonyl (C=O) groups is 3. The van der Waals surface area contributed by atoms with Crippen molar-refractivity contribution in [2.24, 2.45) is 0 Å². The average Bonchev–Trinajstić information content (AvgIpc) is 3.65. The first-order valence-corrected chi connectivity index (χ1v) is 10.7. The van der Waals surface area contributed by atoms with Gasteiger partial charge in [0.2, 0.25) is 5.91 Å². The molecule has 2 aromatic carbocycles. The van der Waals surface area contributed by atoms with E-state index in [2.05, 4.69) is 10.3 Å². The van der Waals surface area contributed by atoms with Gasteiger partial charge in [-0.2, -0.15) is 13.2 Å². The molecule has 10 heteroatoms. The van der Waals surface area contributed by atoms with Gasteiger partial charge in [-0.05, 0) is 48.7 Å². The zero-order chi connectivity index (χ0) is 25.2. The van der Waals surface area contributed by atoms with Crippen LogP contribution >= 0.6 is 0 Å². The molecule has 0 unspecified atom stereocenters. The number of alkyl halides is 3. The first kappa shape index (κ1) is 23.9. The third-order valence-corrected chi connectivity index (χ3v) is 5.48. The third kappa shape index (κ3) is 6.03. The van der Waals surface area contributed by atoms with E-state index in [4.69, 9.17) is 5.11 Å². The highest BCUT2D eigenvalue weighted by Crippen LogP contribution is 2.39. The molecule has 1 saturated carbocycles. The Morgan fingerprint density at radius 3 is 2.34 bits per heavy atom. The Bertz CT molecular complexity index is 1290. The summed E-state index contributed by atoms with van der Waals surface area (Å²) in [6, 6.07) is 12.7. The molecule has 1 heterocycles. The van der Waals surface area contributed by atoms with Gasteiger partial charge in [-0.1, -0.05) is 24.3 Å². The first-order chi connectivity index (χ1) is 16.6. The lowest BCUT2D eigenvalue weighted by molar-refractivity contribution is -0.137. The molecule has 3 aromatic rings. The number of hydrogen-bond donors (Lipinski definition) is 3. The van der Waals surface area contributed by atoms with Crippen LogP contribution in [0.25, 0.3) is 11.1 Å². The zero-order valence-electron chi connectivity index (χ0n) is 18.2. The Balaban J connectivity index is 1.48. The highest BCUT2D eigenvalue weighted by molar-refractivity contribution is 6.12. The number of carbonyl (C=O) groups excluding carboxylic acids is 2. The van der Waals surface area contributed by atoms with Crippen molar-refractivity contribution in [1.29, 1.82) is 0 Å². The van der Waals surface area contributed by atoms with E-state index < -0.39 is 41.6 Å². The summed E-state index contributed by atoms with van der Waals surface area (Å²) < 4.78 is 39.2. The Morgan fingerprint density at radius 2 is 1.71 bits per heavy atom. The summed E-state index contributed by atoms with van der Waals surface area (Å²) >= 11 is 0. The molecule has 1 aromatic heterocycles. The fraction of sp³-hybridized carbons (Fsp3) is 0.200. The Morgan fingerprint density at radius 1 is 0.943 bits per heavy atom. The molecule has 0 radical (unpaired) electrons. The van der Waals surface area contributed by atoms with Gasteiger partial charge in [-0.25, -0.2) is 4.79 Å². The van der Waals surface area contributed by atoms with Crippen LogP contribution in [0.2, 0.25) is 0 Å². The molecule has 0 atom stereocenters. The summed E-state index contributed by atoms with van der Waals surface area (Å²) in [6.07, 6.45) is -2.88. The van der Waals surface area contributed by atoms with Gasteiger partial charge in [0.05, 0.1) is 23.4 Å². The largest absolute Gasteiger partial charge is 0.465 e. The summed E-state index contributed by atoms with van der Waals surface area (Å²) in [5.74, 6) is -0.922. The van der Waals surface area contributed by atoms with Crippen molar-refractivity contribution in [3.05, 3.63) is 77.6 Å². The number of ketones is 1. The van der Waals surface area contributed by atoms with Gasteiger partial charge in [0.1, 0.15) is 0 Å². The van der Waals surface area contributed by atoms with E-state index in [-0.39, 0.29) is 11.3 Å². The van der Waals surface area contributed by atoms with Crippen molar-refractivity contribution in [2.75, 3.05) is 10.6 Å². The maximum absolute atomic E-state index is 13.1. The van der Waals surface area contributed by atoms with Gasteiger partial charge in [-0.15, -0.1) is 0 Å². The van der Waals surface area contributed by atoms with Crippen LogP contribution in [0.15, 0.2) is 60.8 Å². The van der Waals surface area contributed by atoms with Crippen LogP contribution in [-0.4, -0.2) is 27.9 Å². The Kier molecular flexibility index (Phi) is 6.54. The van der Waals surface area contributed by atoms with Crippen molar-refractivity contribution < 1.29 is 32.7 Å². The number of Topliss-reactive ketones (excluding diaryl/α,β-unsaturated/α-hetero) is 1. The summed E-state index contributed by atoms with van der Waals surface area (Å²) in [5, 5.41) is 13.0. The fourth-order valence-corrected chi connectivity index (χ4v) is 3.56. The lowest BCUT2D eigenvalue weighted by Gasteiger charge is -2.14. The molecule has 4 rings (SSSR count). The standard InChI is InChI=1S/C25H20F3N3O4/c26-25(27,28)18-7-9-20(31-24(34)35)21(11-18)30-23(33)12-22(32)16-3-1-2-15(10-16)17-6-8-19(29-13-17)14-4-5-14/h1-3,6-11,13-14,31H,4-5,12H2,(H,30,33)(H,34,35). The lowest BCUT2D eigenvalue weighted by atomic mass is 10.0. The van der Waals surface area contributed by atoms with Crippen LogP contribution in [0.5, 0.6) is 0 Å². The molecule has 0 bridgehead atoms. The number of anilines is 2. The topological polar surface area (TPSA) is 108 Å². The SMILES string of the molecule is O=C(O)Nc1ccc(C(F)(F)F)cc1NC(=O)CC(=O)c1cccc(-c2ccc(C3CC3)nc2)c1. The predicted molar refractivity (Wildman–Crippen MR) is 122 cm³/mol. The van der Waals surface area contributed by atoms with E-state index in [0.717, 1.165) is 35.7 Å². The Labute approximate surface area is 198 Å². The number of aromatic nitrogens is 1. The molecule has 0 aliphatic heterocycles. The molecule has 1 aliphatic carbocycles. The van der Waals surface area contributed by atoms with E-state index in [0.29, 0.717) is 18.1 Å². The fourth-order valence-electron chi connectivity index (χ4n) is 3.56. The first-order valence-electron chi connectivity index (χ1n) is 10.7. The minimum absolute atomic E-state index is 0.247. The molecule has 180 valence electrons. The second-order valence-corrected chi connectivity index (χ2v) is 8.16. The number of carboxylic acid groups (broad SMARTS) is 1. The summed E-state index contributed by atoms with van der Waals surface area (Å²) in [5.41, 5.74) is 1.08. The molecule has 35 heavy (non-hydrogen) atoms. The number of benzene rings is 2. The minimum atomic E-state index is -4.71. The van der Waals surface area contributed by atoms with Gasteiger partial charge in [0.25, 0.3) is 0 Å². The zero-order valence-corrected chi connectivity index (χ0v) is 18.2. The van der Waals surface area contributed by atoms with Gasteiger partial charge < -0.3 is 10.4 Å². The molecule has 1 fully saturated rings. The maximum atomic E-state index is 13.1. The molecule has 1 aliphatic rings. The van der Waals surface area contributed by atoms with Gasteiger partial charge in [-0.3, -0.25) is 19.9 Å². The third-order valence-electron chi connectivity index (χ3n) is 5.48. The van der Waals surface area contributed by atoms with E-state index in [1.807, 2.05) is 17.4 Å². The van der Waals surface area contributed by atoms with Crippen molar-refractivity contribution >= 4 is 29.2 Å². The predicted octanol–water partition coefficient (Wildman–Crippen LogP) is 5.95. The van der Waals surface area contributed by atoms with E-state index in [1.54, 1.807) is 24.4 Å². The second-order valence-electron chi connectivity index (χ2n) is 8.16. The molecular formula is C25H20F3N3O4. The van der Waals surface area contributed by atoms with Crippen LogP contribution in [0.3, 0.4) is 0 Å². The monoisotopic (exact) mass is 483 g/mol. The van der Waals surface area contributed by atoms with Crippen molar-refractivity contribution in [3.63, 3.8) is 0 Å². The molecule has 3 N–H and O–H groups in total. The Hall–Kier alpha value is -4.21. The van der Waals surface area contributed by atoms with Crippen LogP contribution in [0, 0.1) is 0 Å². The highest BCUT2D eigenvalue weighted by atomic mass is 19.4. The van der Waals surface area contributed by atoms with E-state index in [1.165, 1.54) is 6.07 Å². The van der Waals surface area contributed by atoms with E-state index in [9.17, 15) is 27.6 Å². The number of hydrogen-bond acceptors (Lipinski definition) is 4. The number of amides is 2. The van der Waals surface area contributed by atoms with Gasteiger partial charge in [0, 0.05) is 28.9 Å². The number of nitrogens with zero attached hydrogens (tertiary/aromatic N) is 1. The van der Waals surface area contributed by atoms with Crippen LogP contribution < -0.4 is 10.6 Å². The van der Waals surface area contributed by atoms with Gasteiger partial charge >= 0.3 is 12.3 Å². The highest BCUT2D eigenvalue weighted by Gasteiger charge is 2.31. The molecule has 2 amide bonds. The normalized spacial score (nSPS) is 13.2. The molecule has 7 nitrogen and oxygen atoms in total. The quantitative estimate of drug-likeness (QED) is 0.284. The summed E-state index contributed by atoms with van der Waals surface area (Å²) in [7, 11) is 0. The maximum Gasteiger partial charge on any atom is 0.416 e. The molecular weight excluding hydrogens is 463 g/mol. The molecule has 0 saturated heterocycles. The van der Waals surface area contributed by atoms with Crippen LogP contribution in [0.1, 0.15) is 46.8 Å². The summed E-state index contributed by atoms with van der Waals surface area (Å²) in [6.45, 7) is 0. The smallest absolute Gasteiger partial charge is 0.416 e. The van der Waals surface area contributed by atoms with Crippen LogP contribution in [-0.2, 0) is 11.0 Å².